The summed E-state index contributed by atoms with van der Waals surface area (Å²) in [5.74, 6) is 0.536. The highest BCUT2D eigenvalue weighted by molar-refractivity contribution is 7.16. The fourth-order valence-corrected chi connectivity index (χ4v) is 4.15. The van der Waals surface area contributed by atoms with E-state index in [0.29, 0.717) is 11.3 Å². The number of rotatable bonds is 3. The summed E-state index contributed by atoms with van der Waals surface area (Å²) in [6.07, 6.45) is 4.73. The number of hydrogen-bond acceptors (Lipinski definition) is 6. The molecule has 0 amide bonds. The molecule has 0 aliphatic heterocycles. The average Bonchev–Trinajstić information content (AvgIpc) is 3.38. The van der Waals surface area contributed by atoms with Crippen molar-refractivity contribution in [3.63, 3.8) is 0 Å². The minimum absolute atomic E-state index is 0.499. The van der Waals surface area contributed by atoms with Crippen LogP contribution in [0, 0.1) is 11.3 Å². The molecule has 2 heterocycles. The van der Waals surface area contributed by atoms with Crippen LogP contribution in [0.4, 0.5) is 0 Å². The summed E-state index contributed by atoms with van der Waals surface area (Å²) >= 11 is 1.63. The minimum atomic E-state index is 0.499. The van der Waals surface area contributed by atoms with Gasteiger partial charge in [-0.1, -0.05) is 18.2 Å². The molecule has 28 heavy (non-hydrogen) atoms. The quantitative estimate of drug-likeness (QED) is 0.517. The van der Waals surface area contributed by atoms with Crippen molar-refractivity contribution in [2.75, 3.05) is 7.11 Å². The van der Waals surface area contributed by atoms with Crippen molar-refractivity contribution in [3.05, 3.63) is 76.7 Å². The monoisotopic (exact) mass is 382 g/mol. The van der Waals surface area contributed by atoms with Gasteiger partial charge in [-0.3, -0.25) is 4.98 Å². The van der Waals surface area contributed by atoms with Crippen LogP contribution in [0.1, 0.15) is 22.5 Å². The summed E-state index contributed by atoms with van der Waals surface area (Å²) in [5.41, 5.74) is 9.11. The highest BCUT2D eigenvalue weighted by Gasteiger charge is 2.20. The Labute approximate surface area is 165 Å². The highest BCUT2D eigenvalue weighted by Crippen LogP contribution is 2.34. The summed E-state index contributed by atoms with van der Waals surface area (Å²) < 4.78 is 6.49. The molecule has 0 saturated heterocycles. The second-order valence-electron chi connectivity index (χ2n) is 6.43. The van der Waals surface area contributed by atoms with Crippen LogP contribution in [0.5, 0.6) is 5.75 Å². The van der Waals surface area contributed by atoms with E-state index >= 15 is 0 Å². The molecular formula is C22H14N4OS. The van der Waals surface area contributed by atoms with Crippen LogP contribution in [0.2, 0.25) is 0 Å². The van der Waals surface area contributed by atoms with Crippen LogP contribution in [-0.4, -0.2) is 22.1 Å². The van der Waals surface area contributed by atoms with Crippen molar-refractivity contribution in [1.82, 2.24) is 15.0 Å². The number of benzene rings is 2. The maximum Gasteiger partial charge on any atom is 0.137 e. The molecule has 0 N–H and O–H groups in total. The van der Waals surface area contributed by atoms with Gasteiger partial charge in [0.25, 0.3) is 0 Å². The van der Waals surface area contributed by atoms with Crippen LogP contribution >= 0.6 is 11.3 Å². The smallest absolute Gasteiger partial charge is 0.137 e. The van der Waals surface area contributed by atoms with Crippen LogP contribution in [-0.2, 0) is 6.42 Å². The van der Waals surface area contributed by atoms with Gasteiger partial charge in [-0.15, -0.1) is 11.3 Å². The van der Waals surface area contributed by atoms with Crippen LogP contribution in [0.3, 0.4) is 0 Å². The summed E-state index contributed by atoms with van der Waals surface area (Å²) in [7, 11) is 1.56. The van der Waals surface area contributed by atoms with Gasteiger partial charge < -0.3 is 4.74 Å². The molecule has 0 bridgehead atoms. The second-order valence-corrected chi connectivity index (χ2v) is 7.32. The summed E-state index contributed by atoms with van der Waals surface area (Å²) in [6, 6.07) is 13.9. The first kappa shape index (κ1) is 16.6. The van der Waals surface area contributed by atoms with Crippen LogP contribution < -0.4 is 4.74 Å². The maximum atomic E-state index is 9.19. The lowest BCUT2D eigenvalue weighted by Crippen LogP contribution is -1.98. The Morgan fingerprint density at radius 3 is 2.86 bits per heavy atom. The molecule has 4 aromatic rings. The summed E-state index contributed by atoms with van der Waals surface area (Å²) in [6.45, 7) is 0. The van der Waals surface area contributed by atoms with Crippen LogP contribution in [0.15, 0.2) is 54.2 Å². The molecule has 0 atom stereocenters. The fourth-order valence-electron chi connectivity index (χ4n) is 3.43. The van der Waals surface area contributed by atoms with E-state index in [4.69, 9.17) is 9.72 Å². The SMILES string of the molecule is COc1cc(-c2cnc3c(n2)C(c2ccc4ncsc4c2)=CC3)ccc1C#N. The third-order valence-corrected chi connectivity index (χ3v) is 5.65. The molecule has 2 aromatic carbocycles. The Morgan fingerprint density at radius 2 is 2.00 bits per heavy atom. The topological polar surface area (TPSA) is 71.7 Å². The molecule has 2 aromatic heterocycles. The fraction of sp³-hybridized carbons (Fsp3) is 0.0909. The molecule has 0 unspecified atom stereocenters. The molecule has 134 valence electrons. The Hall–Kier alpha value is -3.56. The van der Waals surface area contributed by atoms with Gasteiger partial charge >= 0.3 is 0 Å². The van der Waals surface area contributed by atoms with E-state index in [1.807, 2.05) is 23.7 Å². The number of thiazole rings is 1. The van der Waals surface area contributed by atoms with Crippen molar-refractivity contribution < 1.29 is 4.74 Å². The molecule has 1 aliphatic carbocycles. The second kappa shape index (κ2) is 6.55. The van der Waals surface area contributed by atoms with Gasteiger partial charge in [0.1, 0.15) is 11.8 Å². The molecule has 5 rings (SSSR count). The first-order valence-electron chi connectivity index (χ1n) is 8.75. The van der Waals surface area contributed by atoms with Gasteiger partial charge in [-0.2, -0.15) is 5.26 Å². The minimum Gasteiger partial charge on any atom is -0.495 e. The zero-order valence-electron chi connectivity index (χ0n) is 15.0. The summed E-state index contributed by atoms with van der Waals surface area (Å²) in [4.78, 5) is 13.9. The molecule has 0 radical (unpaired) electrons. The lowest BCUT2D eigenvalue weighted by molar-refractivity contribution is 0.413. The van der Waals surface area contributed by atoms with Crippen molar-refractivity contribution >= 4 is 27.1 Å². The Morgan fingerprint density at radius 1 is 1.11 bits per heavy atom. The molecular weight excluding hydrogens is 368 g/mol. The standard InChI is InChI=1S/C22H14N4OS/c1-27-20-8-14(2-3-15(20)10-23)19-11-24-18-7-5-16(22(18)26-19)13-4-6-17-21(9-13)28-12-25-17/h2-6,8-9,11-12H,7H2,1H3. The molecule has 1 aliphatic rings. The van der Waals surface area contributed by atoms with E-state index < -0.39 is 0 Å². The van der Waals surface area contributed by atoms with E-state index in [1.54, 1.807) is 30.7 Å². The molecule has 0 fully saturated rings. The number of hydrogen-bond donors (Lipinski definition) is 0. The molecule has 0 spiro atoms. The first-order valence-corrected chi connectivity index (χ1v) is 9.63. The van der Waals surface area contributed by atoms with Gasteiger partial charge in [0.2, 0.25) is 0 Å². The van der Waals surface area contributed by atoms with Crippen molar-refractivity contribution in [1.29, 1.82) is 5.26 Å². The maximum absolute atomic E-state index is 9.19. The molecule has 5 nitrogen and oxygen atoms in total. The van der Waals surface area contributed by atoms with Gasteiger partial charge in [0, 0.05) is 17.6 Å². The summed E-state index contributed by atoms with van der Waals surface area (Å²) in [5, 5.41) is 9.19. The molecule has 6 heteroatoms. The third-order valence-electron chi connectivity index (χ3n) is 4.86. The normalized spacial score (nSPS) is 12.5. The first-order chi connectivity index (χ1) is 13.8. The largest absolute Gasteiger partial charge is 0.495 e. The van der Waals surface area contributed by atoms with Gasteiger partial charge in [-0.05, 0) is 29.8 Å². The number of fused-ring (bicyclic) bond motifs is 2. The predicted octanol–water partition coefficient (Wildman–Crippen LogP) is 4.62. The molecule has 0 saturated carbocycles. The number of aromatic nitrogens is 3. The third kappa shape index (κ3) is 2.65. The van der Waals surface area contributed by atoms with Gasteiger partial charge in [0.05, 0.1) is 51.7 Å². The zero-order chi connectivity index (χ0) is 19.1. The lowest BCUT2D eigenvalue weighted by Gasteiger charge is -2.09. The number of allylic oxidation sites excluding steroid dienone is 1. The predicted molar refractivity (Wildman–Crippen MR) is 109 cm³/mol. The number of ether oxygens (including phenoxy) is 1. The van der Waals surface area contributed by atoms with E-state index in [0.717, 1.165) is 50.4 Å². The number of methoxy groups -OCH3 is 1. The van der Waals surface area contributed by atoms with Crippen molar-refractivity contribution in [2.24, 2.45) is 0 Å². The van der Waals surface area contributed by atoms with E-state index in [2.05, 4.69) is 34.2 Å². The van der Waals surface area contributed by atoms with E-state index in [1.165, 1.54) is 0 Å². The van der Waals surface area contributed by atoms with Gasteiger partial charge in [0.15, 0.2) is 0 Å². The van der Waals surface area contributed by atoms with Gasteiger partial charge in [-0.25, -0.2) is 9.97 Å². The average molecular weight is 382 g/mol. The van der Waals surface area contributed by atoms with E-state index in [-0.39, 0.29) is 0 Å². The van der Waals surface area contributed by atoms with Crippen molar-refractivity contribution in [3.8, 4) is 23.1 Å². The highest BCUT2D eigenvalue weighted by atomic mass is 32.1. The Bertz CT molecular complexity index is 1300. The number of nitriles is 1. The van der Waals surface area contributed by atoms with E-state index in [9.17, 15) is 5.26 Å². The lowest BCUT2D eigenvalue weighted by atomic mass is 10.0. The van der Waals surface area contributed by atoms with Crippen LogP contribution in [0.25, 0.3) is 27.0 Å². The Kier molecular flexibility index (Phi) is 3.89. The van der Waals surface area contributed by atoms with Crippen molar-refractivity contribution in [2.45, 2.75) is 6.42 Å². The number of nitrogens with zero attached hydrogens (tertiary/aromatic N) is 4. The Balaban J connectivity index is 1.58. The zero-order valence-corrected chi connectivity index (χ0v) is 15.8.